The smallest absolute Gasteiger partial charge is 0.309 e. The molecule has 7 heteroatoms. The number of cyclic esters (lactones) is 1. The maximum Gasteiger partial charge on any atom is 0.309 e. The average molecular weight is 489 g/mol. The molecule has 7 nitrogen and oxygen atoms in total. The van der Waals surface area contributed by atoms with Gasteiger partial charge in [-0.1, -0.05) is 57.5 Å². The van der Waals surface area contributed by atoms with Crippen LogP contribution in [-0.2, 0) is 35.0 Å². The van der Waals surface area contributed by atoms with Crippen molar-refractivity contribution in [1.29, 1.82) is 0 Å². The molecule has 1 aromatic carbocycles. The molecule has 1 aliphatic carbocycles. The Morgan fingerprint density at radius 2 is 1.83 bits per heavy atom. The van der Waals surface area contributed by atoms with Crippen LogP contribution in [0.5, 0.6) is 0 Å². The molecule has 2 saturated heterocycles. The van der Waals surface area contributed by atoms with Gasteiger partial charge in [-0.05, 0) is 43.1 Å². The van der Waals surface area contributed by atoms with Crippen molar-refractivity contribution in [3.8, 4) is 0 Å². The van der Waals surface area contributed by atoms with E-state index in [1.54, 1.807) is 0 Å². The first-order valence-electron chi connectivity index (χ1n) is 13.1. The molecular formula is C28H40O7. The molecule has 2 unspecified atom stereocenters. The summed E-state index contributed by atoms with van der Waals surface area (Å²) in [5.74, 6) is -1.25. The number of hydrogen-bond donors (Lipinski definition) is 1. The van der Waals surface area contributed by atoms with E-state index in [1.807, 2.05) is 19.9 Å². The average Bonchev–Trinajstić information content (AvgIpc) is 2.82. The van der Waals surface area contributed by atoms with Crippen LogP contribution < -0.4 is 0 Å². The molecule has 1 spiro atoms. The maximum absolute atomic E-state index is 12.8. The summed E-state index contributed by atoms with van der Waals surface area (Å²) in [6.45, 7) is 6.40. The van der Waals surface area contributed by atoms with Gasteiger partial charge in [0.05, 0.1) is 37.6 Å². The minimum atomic E-state index is -0.937. The first-order chi connectivity index (χ1) is 16.7. The van der Waals surface area contributed by atoms with Crippen molar-refractivity contribution in [3.63, 3.8) is 0 Å². The van der Waals surface area contributed by atoms with E-state index in [-0.39, 0.29) is 24.9 Å². The Balaban J connectivity index is 1.54. The first kappa shape index (κ1) is 26.1. The Morgan fingerprint density at radius 3 is 2.57 bits per heavy atom. The Kier molecular flexibility index (Phi) is 8.19. The molecule has 1 saturated carbocycles. The second-order valence-electron chi connectivity index (χ2n) is 11.1. The highest BCUT2D eigenvalue weighted by atomic mass is 16.7. The van der Waals surface area contributed by atoms with Gasteiger partial charge in [0.25, 0.3) is 0 Å². The molecule has 3 aliphatic rings. The standard InChI is InChI=1S/C28H40O7/c1-19(8-7-11-20-9-5-4-6-10-20)21-14-24-27(2,3)28(17-21)32-13-12-22(35-28)15-25(30)33-23(18-29)16-26(31)34-24/h4-6,9-10,19,21-24,29H,7-8,11-18H2,1-3H3/t19?,21-,22?,23-,24-,28+/m1/s1. The van der Waals surface area contributed by atoms with Gasteiger partial charge < -0.3 is 24.1 Å². The highest BCUT2D eigenvalue weighted by Crippen LogP contribution is 2.54. The number of hydrogen-bond acceptors (Lipinski definition) is 7. The van der Waals surface area contributed by atoms with Gasteiger partial charge >= 0.3 is 11.9 Å². The zero-order valence-corrected chi connectivity index (χ0v) is 21.2. The lowest BCUT2D eigenvalue weighted by Crippen LogP contribution is -2.64. The second kappa shape index (κ2) is 11.0. The van der Waals surface area contributed by atoms with E-state index in [4.69, 9.17) is 18.9 Å². The van der Waals surface area contributed by atoms with Crippen molar-refractivity contribution >= 4 is 11.9 Å². The Bertz CT molecular complexity index is 869. The number of esters is 2. The number of benzene rings is 1. The van der Waals surface area contributed by atoms with Crippen molar-refractivity contribution in [3.05, 3.63) is 35.9 Å². The van der Waals surface area contributed by atoms with Crippen molar-refractivity contribution in [2.75, 3.05) is 13.2 Å². The van der Waals surface area contributed by atoms with Crippen molar-refractivity contribution in [2.45, 2.75) is 96.2 Å². The molecular weight excluding hydrogens is 448 g/mol. The van der Waals surface area contributed by atoms with Crippen LogP contribution in [-0.4, -0.2) is 54.4 Å². The molecule has 0 radical (unpaired) electrons. The summed E-state index contributed by atoms with van der Waals surface area (Å²) in [6.07, 6.45) is 3.47. The largest absolute Gasteiger partial charge is 0.461 e. The van der Waals surface area contributed by atoms with Gasteiger partial charge in [0, 0.05) is 6.42 Å². The summed E-state index contributed by atoms with van der Waals surface area (Å²) >= 11 is 0. The highest BCUT2D eigenvalue weighted by molar-refractivity contribution is 5.73. The van der Waals surface area contributed by atoms with Crippen LogP contribution in [0.3, 0.4) is 0 Å². The third-order valence-electron chi connectivity index (χ3n) is 8.30. The quantitative estimate of drug-likeness (QED) is 0.600. The van der Waals surface area contributed by atoms with Gasteiger partial charge in [0.15, 0.2) is 5.79 Å². The molecule has 3 fully saturated rings. The lowest BCUT2D eigenvalue weighted by Gasteiger charge is -2.57. The summed E-state index contributed by atoms with van der Waals surface area (Å²) in [4.78, 5) is 25.3. The number of fused-ring (bicyclic) bond motifs is 2. The Morgan fingerprint density at radius 1 is 1.09 bits per heavy atom. The molecule has 3 bridgehead atoms. The summed E-state index contributed by atoms with van der Waals surface area (Å²) in [6, 6.07) is 10.5. The van der Waals surface area contributed by atoms with Crippen molar-refractivity contribution < 1.29 is 33.6 Å². The molecule has 194 valence electrons. The predicted molar refractivity (Wildman–Crippen MR) is 129 cm³/mol. The molecule has 1 aromatic rings. The number of aliphatic hydroxyl groups excluding tert-OH is 1. The minimum absolute atomic E-state index is 0.0781. The van der Waals surface area contributed by atoms with Crippen LogP contribution in [0.2, 0.25) is 0 Å². The molecule has 2 aliphatic heterocycles. The zero-order valence-electron chi connectivity index (χ0n) is 21.2. The van der Waals surface area contributed by atoms with Gasteiger partial charge in [-0.15, -0.1) is 0 Å². The van der Waals surface area contributed by atoms with Gasteiger partial charge in [-0.2, -0.15) is 0 Å². The maximum atomic E-state index is 12.8. The van der Waals surface area contributed by atoms with E-state index >= 15 is 0 Å². The molecule has 4 rings (SSSR count). The van der Waals surface area contributed by atoms with Crippen LogP contribution >= 0.6 is 0 Å². The van der Waals surface area contributed by atoms with Gasteiger partial charge in [0.2, 0.25) is 0 Å². The van der Waals surface area contributed by atoms with Crippen molar-refractivity contribution in [1.82, 2.24) is 0 Å². The predicted octanol–water partition coefficient (Wildman–Crippen LogP) is 4.19. The molecule has 0 aromatic heterocycles. The number of carbonyl (C=O) groups excluding carboxylic acids is 2. The lowest BCUT2D eigenvalue weighted by molar-refractivity contribution is -0.373. The Labute approximate surface area is 208 Å². The number of ether oxygens (including phenoxy) is 4. The molecule has 0 amide bonds. The Hall–Kier alpha value is -1.96. The number of aryl methyl sites for hydroxylation is 1. The summed E-state index contributed by atoms with van der Waals surface area (Å²) in [5.41, 5.74) is 0.744. The SMILES string of the molecule is CC(CCCc1ccccc1)[C@@H]1C[C@H]2OC(=O)C[C@H](CO)OC(=O)CC3CCO[C@@](C1)(O3)C2(C)C. The highest BCUT2D eigenvalue weighted by Gasteiger charge is 2.60. The first-order valence-corrected chi connectivity index (χ1v) is 13.1. The monoisotopic (exact) mass is 488 g/mol. The van der Waals surface area contributed by atoms with Gasteiger partial charge in [0.1, 0.15) is 12.2 Å². The zero-order chi connectivity index (χ0) is 25.1. The molecule has 1 N–H and O–H groups in total. The number of aliphatic hydroxyl groups is 1. The van der Waals surface area contributed by atoms with Crippen LogP contribution in [0, 0.1) is 17.3 Å². The van der Waals surface area contributed by atoms with Crippen LogP contribution in [0.4, 0.5) is 0 Å². The van der Waals surface area contributed by atoms with Crippen LogP contribution in [0.15, 0.2) is 30.3 Å². The summed E-state index contributed by atoms with van der Waals surface area (Å²) < 4.78 is 24.3. The summed E-state index contributed by atoms with van der Waals surface area (Å²) in [5, 5.41) is 9.63. The molecule has 2 heterocycles. The number of rotatable bonds is 6. The van der Waals surface area contributed by atoms with Crippen molar-refractivity contribution in [2.24, 2.45) is 17.3 Å². The van der Waals surface area contributed by atoms with E-state index < -0.39 is 42.0 Å². The fourth-order valence-electron chi connectivity index (χ4n) is 5.91. The normalized spacial score (nSPS) is 34.1. The van der Waals surface area contributed by atoms with E-state index in [9.17, 15) is 14.7 Å². The van der Waals surface area contributed by atoms with E-state index in [2.05, 4.69) is 31.2 Å². The van der Waals surface area contributed by atoms with Crippen LogP contribution in [0.1, 0.15) is 71.3 Å². The topological polar surface area (TPSA) is 91.3 Å². The lowest BCUT2D eigenvalue weighted by atomic mass is 9.62. The third-order valence-corrected chi connectivity index (χ3v) is 8.30. The third kappa shape index (κ3) is 5.89. The molecule has 35 heavy (non-hydrogen) atoms. The number of carbonyl (C=O) groups is 2. The van der Waals surface area contributed by atoms with E-state index in [0.29, 0.717) is 25.4 Å². The van der Waals surface area contributed by atoms with Gasteiger partial charge in [-0.3, -0.25) is 9.59 Å². The summed E-state index contributed by atoms with van der Waals surface area (Å²) in [7, 11) is 0. The van der Waals surface area contributed by atoms with Gasteiger partial charge in [-0.25, -0.2) is 0 Å². The second-order valence-corrected chi connectivity index (χ2v) is 11.1. The fourth-order valence-corrected chi connectivity index (χ4v) is 5.91. The minimum Gasteiger partial charge on any atom is -0.461 e. The molecule has 6 atom stereocenters. The fraction of sp³-hybridized carbons (Fsp3) is 0.714. The van der Waals surface area contributed by atoms with Crippen LogP contribution in [0.25, 0.3) is 0 Å². The van der Waals surface area contributed by atoms with E-state index in [1.165, 1.54) is 5.56 Å². The van der Waals surface area contributed by atoms with E-state index in [0.717, 1.165) is 25.7 Å².